The Morgan fingerprint density at radius 1 is 1.38 bits per heavy atom. The zero-order chi connectivity index (χ0) is 16.7. The number of amides is 1. The van der Waals surface area contributed by atoms with Crippen LogP contribution in [0, 0.1) is 6.92 Å². The topological polar surface area (TPSA) is 109 Å². The van der Waals surface area contributed by atoms with E-state index >= 15 is 0 Å². The van der Waals surface area contributed by atoms with E-state index in [4.69, 9.17) is 0 Å². The molecular formula is C15H13N7O2. The van der Waals surface area contributed by atoms with Crippen LogP contribution in [0.15, 0.2) is 41.8 Å². The van der Waals surface area contributed by atoms with Crippen LogP contribution in [-0.2, 0) is 6.54 Å². The van der Waals surface area contributed by atoms with Crippen molar-refractivity contribution in [2.75, 3.05) is 0 Å². The molecule has 9 heteroatoms. The van der Waals surface area contributed by atoms with Gasteiger partial charge in [0.25, 0.3) is 17.2 Å². The van der Waals surface area contributed by atoms with E-state index < -0.39 is 11.5 Å². The molecule has 0 fully saturated rings. The maximum atomic E-state index is 12.3. The number of rotatable bonds is 3. The first kappa shape index (κ1) is 14.1. The lowest BCUT2D eigenvalue weighted by Crippen LogP contribution is -2.31. The third kappa shape index (κ3) is 2.22. The summed E-state index contributed by atoms with van der Waals surface area (Å²) in [5.41, 5.74) is 2.02. The van der Waals surface area contributed by atoms with Gasteiger partial charge < -0.3 is 9.72 Å². The number of aryl methyl sites for hydroxylation is 1. The van der Waals surface area contributed by atoms with Gasteiger partial charge in [0, 0.05) is 18.6 Å². The van der Waals surface area contributed by atoms with E-state index in [1.54, 1.807) is 0 Å². The molecule has 0 saturated carbocycles. The lowest BCUT2D eigenvalue weighted by molar-refractivity contribution is 0.0948. The van der Waals surface area contributed by atoms with Crippen molar-refractivity contribution in [1.82, 2.24) is 34.3 Å². The van der Waals surface area contributed by atoms with Crippen molar-refractivity contribution in [3.05, 3.63) is 64.2 Å². The Hall–Kier alpha value is -3.49. The fourth-order valence-electron chi connectivity index (χ4n) is 2.51. The number of H-pyrrole nitrogens is 1. The number of hydrogen-bond donors (Lipinski definition) is 2. The van der Waals surface area contributed by atoms with Gasteiger partial charge in [-0.15, -0.1) is 0 Å². The molecule has 0 radical (unpaired) electrons. The highest BCUT2D eigenvalue weighted by Gasteiger charge is 2.14. The zero-order valence-electron chi connectivity index (χ0n) is 12.7. The SMILES string of the molecule is Cc1cccn2cc(CNC(=O)c3cnc4nc[nH]n4c3=O)nc12. The van der Waals surface area contributed by atoms with E-state index in [1.807, 2.05) is 35.9 Å². The van der Waals surface area contributed by atoms with Gasteiger partial charge in [0.1, 0.15) is 17.5 Å². The molecule has 0 aliphatic carbocycles. The number of carbonyl (C=O) groups excluding carboxylic acids is 1. The molecule has 4 aromatic rings. The average Bonchev–Trinajstić information content (AvgIpc) is 3.20. The summed E-state index contributed by atoms with van der Waals surface area (Å²) in [5.74, 6) is -0.294. The largest absolute Gasteiger partial charge is 0.346 e. The van der Waals surface area contributed by atoms with Gasteiger partial charge in [0.15, 0.2) is 0 Å². The number of nitrogens with zero attached hydrogens (tertiary/aromatic N) is 5. The Balaban J connectivity index is 1.57. The molecule has 9 nitrogen and oxygen atoms in total. The average molecular weight is 323 g/mol. The van der Waals surface area contributed by atoms with E-state index in [0.29, 0.717) is 5.69 Å². The standard InChI is InChI=1S/C15H13N7O2/c1-9-3-2-4-21-7-10(20-12(9)21)5-16-13(23)11-6-17-15-18-8-19-22(15)14(11)24/h2-4,6-8H,5H2,1H3,(H,16,23)(H,17,18,19). The molecule has 4 rings (SSSR count). The number of hydrogen-bond acceptors (Lipinski definition) is 5. The van der Waals surface area contributed by atoms with Gasteiger partial charge in [-0.05, 0) is 18.6 Å². The Bertz CT molecular complexity index is 1120. The van der Waals surface area contributed by atoms with Crippen molar-refractivity contribution in [2.24, 2.45) is 0 Å². The third-order valence-corrected chi connectivity index (χ3v) is 3.71. The molecule has 2 N–H and O–H groups in total. The summed E-state index contributed by atoms with van der Waals surface area (Å²) in [6.45, 7) is 2.18. The first-order valence-corrected chi connectivity index (χ1v) is 7.26. The van der Waals surface area contributed by atoms with Crippen LogP contribution < -0.4 is 10.9 Å². The van der Waals surface area contributed by atoms with Crippen LogP contribution in [0.1, 0.15) is 21.6 Å². The summed E-state index contributed by atoms with van der Waals surface area (Å²) in [6.07, 6.45) is 6.29. The fraction of sp³-hybridized carbons (Fsp3) is 0.133. The van der Waals surface area contributed by atoms with Gasteiger partial charge in [0.05, 0.1) is 12.2 Å². The summed E-state index contributed by atoms with van der Waals surface area (Å²) < 4.78 is 3.01. The smallest absolute Gasteiger partial charge is 0.286 e. The summed E-state index contributed by atoms with van der Waals surface area (Å²) in [4.78, 5) is 36.7. The van der Waals surface area contributed by atoms with Crippen molar-refractivity contribution in [3.8, 4) is 0 Å². The van der Waals surface area contributed by atoms with E-state index in [9.17, 15) is 9.59 Å². The lowest BCUT2D eigenvalue weighted by atomic mass is 10.3. The Labute approximate surface area is 135 Å². The molecule has 0 aromatic carbocycles. The van der Waals surface area contributed by atoms with Crippen LogP contribution in [0.25, 0.3) is 11.4 Å². The van der Waals surface area contributed by atoms with E-state index in [1.165, 1.54) is 12.5 Å². The van der Waals surface area contributed by atoms with Crippen LogP contribution in [0.3, 0.4) is 0 Å². The molecule has 0 atom stereocenters. The minimum absolute atomic E-state index is 0.0586. The molecule has 4 heterocycles. The molecule has 4 aromatic heterocycles. The van der Waals surface area contributed by atoms with Crippen LogP contribution in [0.5, 0.6) is 0 Å². The molecule has 0 bridgehead atoms. The summed E-state index contributed by atoms with van der Waals surface area (Å²) in [6, 6.07) is 3.90. The van der Waals surface area contributed by atoms with Gasteiger partial charge >= 0.3 is 0 Å². The Morgan fingerprint density at radius 2 is 2.25 bits per heavy atom. The third-order valence-electron chi connectivity index (χ3n) is 3.71. The second-order valence-electron chi connectivity index (χ2n) is 5.34. The molecule has 1 amide bonds. The molecule has 0 spiro atoms. The van der Waals surface area contributed by atoms with Gasteiger partial charge in [-0.1, -0.05) is 6.07 Å². The Morgan fingerprint density at radius 3 is 3.08 bits per heavy atom. The Kier molecular flexibility index (Phi) is 3.12. The minimum atomic E-state index is -0.509. The number of aromatic nitrogens is 6. The highest BCUT2D eigenvalue weighted by Crippen LogP contribution is 2.09. The van der Waals surface area contributed by atoms with Crippen molar-refractivity contribution >= 4 is 17.3 Å². The minimum Gasteiger partial charge on any atom is -0.346 e. The van der Waals surface area contributed by atoms with E-state index in [-0.39, 0.29) is 17.9 Å². The maximum Gasteiger partial charge on any atom is 0.286 e. The number of imidazole rings is 1. The second kappa shape index (κ2) is 5.30. The van der Waals surface area contributed by atoms with Crippen molar-refractivity contribution in [1.29, 1.82) is 0 Å². The molecule has 0 saturated heterocycles. The van der Waals surface area contributed by atoms with E-state index in [0.717, 1.165) is 15.7 Å². The first-order valence-electron chi connectivity index (χ1n) is 7.26. The number of fused-ring (bicyclic) bond motifs is 2. The maximum absolute atomic E-state index is 12.3. The highest BCUT2D eigenvalue weighted by molar-refractivity contribution is 5.93. The number of carbonyl (C=O) groups is 1. The number of pyridine rings is 1. The van der Waals surface area contributed by atoms with E-state index in [2.05, 4.69) is 25.4 Å². The normalized spacial score (nSPS) is 11.2. The summed E-state index contributed by atoms with van der Waals surface area (Å²) >= 11 is 0. The summed E-state index contributed by atoms with van der Waals surface area (Å²) in [7, 11) is 0. The lowest BCUT2D eigenvalue weighted by Gasteiger charge is -2.02. The van der Waals surface area contributed by atoms with Crippen LogP contribution >= 0.6 is 0 Å². The van der Waals surface area contributed by atoms with Crippen LogP contribution in [0.2, 0.25) is 0 Å². The van der Waals surface area contributed by atoms with Crippen molar-refractivity contribution in [3.63, 3.8) is 0 Å². The highest BCUT2D eigenvalue weighted by atomic mass is 16.2. The second-order valence-corrected chi connectivity index (χ2v) is 5.34. The predicted octanol–water partition coefficient (Wildman–Crippen LogP) is 0.304. The first-order chi connectivity index (χ1) is 11.6. The molecule has 0 aliphatic rings. The van der Waals surface area contributed by atoms with Crippen LogP contribution in [-0.4, -0.2) is 34.9 Å². The predicted molar refractivity (Wildman–Crippen MR) is 84.7 cm³/mol. The van der Waals surface area contributed by atoms with Gasteiger partial charge in [-0.25, -0.2) is 15.0 Å². The van der Waals surface area contributed by atoms with Gasteiger partial charge in [0.2, 0.25) is 0 Å². The number of aromatic amines is 1. The van der Waals surface area contributed by atoms with Crippen LogP contribution in [0.4, 0.5) is 0 Å². The quantitative estimate of drug-likeness (QED) is 0.564. The van der Waals surface area contributed by atoms with Crippen molar-refractivity contribution < 1.29 is 4.79 Å². The monoisotopic (exact) mass is 323 g/mol. The fourth-order valence-corrected chi connectivity index (χ4v) is 2.51. The molecule has 120 valence electrons. The van der Waals surface area contributed by atoms with Gasteiger partial charge in [-0.2, -0.15) is 4.52 Å². The molecular weight excluding hydrogens is 310 g/mol. The summed E-state index contributed by atoms with van der Waals surface area (Å²) in [5, 5.41) is 5.31. The van der Waals surface area contributed by atoms with Gasteiger partial charge in [-0.3, -0.25) is 14.7 Å². The molecule has 0 unspecified atom stereocenters. The zero-order valence-corrected chi connectivity index (χ0v) is 12.7. The molecule has 0 aliphatic heterocycles. The van der Waals surface area contributed by atoms with Crippen molar-refractivity contribution in [2.45, 2.75) is 13.5 Å². The molecule has 24 heavy (non-hydrogen) atoms. The number of nitrogens with one attached hydrogen (secondary N) is 2.